The molecule has 0 saturated heterocycles. The lowest BCUT2D eigenvalue weighted by atomic mass is 10.1. The van der Waals surface area contributed by atoms with Crippen molar-refractivity contribution in [2.45, 2.75) is 13.8 Å². The van der Waals surface area contributed by atoms with E-state index in [0.717, 1.165) is 27.6 Å². The molecule has 28 heavy (non-hydrogen) atoms. The van der Waals surface area contributed by atoms with Gasteiger partial charge in [-0.1, -0.05) is 41.9 Å². The number of para-hydroxylation sites is 1. The molecule has 0 fully saturated rings. The van der Waals surface area contributed by atoms with Gasteiger partial charge in [0.1, 0.15) is 0 Å². The van der Waals surface area contributed by atoms with Crippen molar-refractivity contribution in [1.29, 1.82) is 0 Å². The number of aromatic nitrogens is 1. The first kappa shape index (κ1) is 19.6. The first-order valence-corrected chi connectivity index (χ1v) is 9.07. The quantitative estimate of drug-likeness (QED) is 0.503. The van der Waals surface area contributed by atoms with Crippen LogP contribution in [0.2, 0.25) is 5.02 Å². The Balaban J connectivity index is 1.60. The first-order chi connectivity index (χ1) is 13.4. The van der Waals surface area contributed by atoms with Crippen molar-refractivity contribution in [3.05, 3.63) is 76.5 Å². The van der Waals surface area contributed by atoms with Gasteiger partial charge in [0.05, 0.1) is 16.2 Å². The monoisotopic (exact) mass is 394 g/mol. The van der Waals surface area contributed by atoms with Gasteiger partial charge < -0.3 is 10.1 Å². The SMILES string of the molecule is Cc1cc(C)c(NC(=O)COC(=O)/C=C/c2cccc3cccnc23)c(Cl)c1. The molecule has 0 bridgehead atoms. The molecule has 0 spiro atoms. The maximum Gasteiger partial charge on any atom is 0.331 e. The van der Waals surface area contributed by atoms with Crippen molar-refractivity contribution in [2.75, 3.05) is 11.9 Å². The summed E-state index contributed by atoms with van der Waals surface area (Å²) < 4.78 is 5.01. The van der Waals surface area contributed by atoms with E-state index in [2.05, 4.69) is 10.3 Å². The van der Waals surface area contributed by atoms with Crippen molar-refractivity contribution < 1.29 is 14.3 Å². The summed E-state index contributed by atoms with van der Waals surface area (Å²) in [6.07, 6.45) is 4.60. The van der Waals surface area contributed by atoms with Crippen LogP contribution in [0.15, 0.2) is 54.7 Å². The number of halogens is 1. The van der Waals surface area contributed by atoms with Gasteiger partial charge >= 0.3 is 5.97 Å². The number of pyridine rings is 1. The molecular formula is C22H19ClN2O3. The highest BCUT2D eigenvalue weighted by atomic mass is 35.5. The molecule has 3 rings (SSSR count). The van der Waals surface area contributed by atoms with E-state index >= 15 is 0 Å². The summed E-state index contributed by atoms with van der Waals surface area (Å²) in [6, 6.07) is 13.2. The fourth-order valence-corrected chi connectivity index (χ4v) is 3.22. The van der Waals surface area contributed by atoms with Crippen molar-refractivity contribution in [1.82, 2.24) is 4.98 Å². The molecule has 0 radical (unpaired) electrons. The van der Waals surface area contributed by atoms with Crippen LogP contribution in [-0.2, 0) is 14.3 Å². The number of amides is 1. The molecule has 142 valence electrons. The number of esters is 1. The highest BCUT2D eigenvalue weighted by Gasteiger charge is 2.11. The van der Waals surface area contributed by atoms with Crippen LogP contribution in [0.5, 0.6) is 0 Å². The Morgan fingerprint density at radius 3 is 2.75 bits per heavy atom. The number of aryl methyl sites for hydroxylation is 2. The van der Waals surface area contributed by atoms with Gasteiger partial charge in [0.25, 0.3) is 5.91 Å². The van der Waals surface area contributed by atoms with E-state index in [-0.39, 0.29) is 0 Å². The normalized spacial score (nSPS) is 11.0. The second-order valence-electron chi connectivity index (χ2n) is 6.35. The summed E-state index contributed by atoms with van der Waals surface area (Å²) in [5.41, 5.74) is 3.94. The number of ether oxygens (including phenoxy) is 1. The molecule has 1 heterocycles. The van der Waals surface area contributed by atoms with Gasteiger partial charge in [0.2, 0.25) is 0 Å². The fraction of sp³-hybridized carbons (Fsp3) is 0.136. The van der Waals surface area contributed by atoms with E-state index in [4.69, 9.17) is 16.3 Å². The molecule has 0 aliphatic rings. The smallest absolute Gasteiger partial charge is 0.331 e. The molecule has 2 aromatic carbocycles. The number of rotatable bonds is 5. The Hall–Kier alpha value is -3.18. The fourth-order valence-electron chi connectivity index (χ4n) is 2.85. The van der Waals surface area contributed by atoms with Gasteiger partial charge in [-0.25, -0.2) is 4.79 Å². The number of benzene rings is 2. The predicted octanol–water partition coefficient (Wildman–Crippen LogP) is 4.70. The lowest BCUT2D eigenvalue weighted by Crippen LogP contribution is -2.20. The number of nitrogens with zero attached hydrogens (tertiary/aromatic N) is 1. The predicted molar refractivity (Wildman–Crippen MR) is 111 cm³/mol. The summed E-state index contributed by atoms with van der Waals surface area (Å²) >= 11 is 6.17. The molecule has 0 atom stereocenters. The minimum absolute atomic E-state index is 0.402. The Kier molecular flexibility index (Phi) is 6.06. The van der Waals surface area contributed by atoms with Crippen molar-refractivity contribution in [3.8, 4) is 0 Å². The number of carbonyl (C=O) groups excluding carboxylic acids is 2. The number of hydrogen-bond donors (Lipinski definition) is 1. The van der Waals surface area contributed by atoms with Crippen LogP contribution in [0.3, 0.4) is 0 Å². The Bertz CT molecular complexity index is 1050. The zero-order valence-corrected chi connectivity index (χ0v) is 16.3. The van der Waals surface area contributed by atoms with Crippen molar-refractivity contribution in [3.63, 3.8) is 0 Å². The van der Waals surface area contributed by atoms with Crippen LogP contribution in [0.25, 0.3) is 17.0 Å². The van der Waals surface area contributed by atoms with Crippen LogP contribution >= 0.6 is 11.6 Å². The van der Waals surface area contributed by atoms with Crippen molar-refractivity contribution in [2.24, 2.45) is 0 Å². The molecule has 0 aliphatic heterocycles. The summed E-state index contributed by atoms with van der Waals surface area (Å²) in [5.74, 6) is -1.07. The molecule has 1 amide bonds. The zero-order chi connectivity index (χ0) is 20.1. The number of anilines is 1. The van der Waals surface area contributed by atoms with Crippen LogP contribution in [0, 0.1) is 13.8 Å². The largest absolute Gasteiger partial charge is 0.452 e. The molecule has 5 nitrogen and oxygen atoms in total. The maximum absolute atomic E-state index is 12.1. The van der Waals surface area contributed by atoms with E-state index in [0.29, 0.717) is 10.7 Å². The van der Waals surface area contributed by atoms with E-state index < -0.39 is 18.5 Å². The minimum atomic E-state index is -0.616. The zero-order valence-electron chi connectivity index (χ0n) is 15.5. The topological polar surface area (TPSA) is 68.3 Å². The number of fused-ring (bicyclic) bond motifs is 1. The average molecular weight is 395 g/mol. The van der Waals surface area contributed by atoms with Gasteiger partial charge in [0, 0.05) is 23.2 Å². The Morgan fingerprint density at radius 1 is 1.18 bits per heavy atom. The highest BCUT2D eigenvalue weighted by Crippen LogP contribution is 2.27. The summed E-state index contributed by atoms with van der Waals surface area (Å²) in [5, 5.41) is 4.10. The molecule has 6 heteroatoms. The third-order valence-electron chi connectivity index (χ3n) is 4.10. The summed E-state index contributed by atoms with van der Waals surface area (Å²) in [4.78, 5) is 28.3. The third-order valence-corrected chi connectivity index (χ3v) is 4.40. The maximum atomic E-state index is 12.1. The molecule has 1 aromatic heterocycles. The van der Waals surface area contributed by atoms with Crippen LogP contribution < -0.4 is 5.32 Å². The molecule has 0 saturated carbocycles. The second kappa shape index (κ2) is 8.67. The Labute approximate surface area is 168 Å². The average Bonchev–Trinajstić information content (AvgIpc) is 2.67. The minimum Gasteiger partial charge on any atom is -0.452 e. The van der Waals surface area contributed by atoms with E-state index in [9.17, 15) is 9.59 Å². The van der Waals surface area contributed by atoms with Gasteiger partial charge in [0.15, 0.2) is 6.61 Å². The van der Waals surface area contributed by atoms with Crippen LogP contribution in [0.1, 0.15) is 16.7 Å². The molecule has 3 aromatic rings. The third kappa shape index (κ3) is 4.75. The number of nitrogens with one attached hydrogen (secondary N) is 1. The number of hydrogen-bond acceptors (Lipinski definition) is 4. The number of carbonyl (C=O) groups is 2. The molecular weight excluding hydrogens is 376 g/mol. The Morgan fingerprint density at radius 2 is 1.96 bits per heavy atom. The summed E-state index contributed by atoms with van der Waals surface area (Å²) in [7, 11) is 0. The van der Waals surface area contributed by atoms with Gasteiger partial charge in [-0.2, -0.15) is 0 Å². The second-order valence-corrected chi connectivity index (χ2v) is 6.76. The molecule has 1 N–H and O–H groups in total. The van der Waals surface area contributed by atoms with Crippen LogP contribution in [0.4, 0.5) is 5.69 Å². The van der Waals surface area contributed by atoms with Crippen LogP contribution in [-0.4, -0.2) is 23.5 Å². The highest BCUT2D eigenvalue weighted by molar-refractivity contribution is 6.34. The van der Waals surface area contributed by atoms with E-state index in [1.165, 1.54) is 6.08 Å². The van der Waals surface area contributed by atoms with E-state index in [1.54, 1.807) is 18.3 Å². The standard InChI is InChI=1S/C22H19ClN2O3/c1-14-11-15(2)21(18(23)12-14)25-19(26)13-28-20(27)9-8-17-6-3-5-16-7-4-10-24-22(16)17/h3-12H,13H2,1-2H3,(H,25,26)/b9-8+. The van der Waals surface area contributed by atoms with E-state index in [1.807, 2.05) is 50.2 Å². The first-order valence-electron chi connectivity index (χ1n) is 8.69. The molecule has 0 aliphatic carbocycles. The van der Waals surface area contributed by atoms with Gasteiger partial charge in [-0.15, -0.1) is 0 Å². The summed E-state index contributed by atoms with van der Waals surface area (Å²) in [6.45, 7) is 3.37. The van der Waals surface area contributed by atoms with Crippen molar-refractivity contribution >= 4 is 46.1 Å². The van der Waals surface area contributed by atoms with Gasteiger partial charge in [-0.05, 0) is 43.2 Å². The lowest BCUT2D eigenvalue weighted by molar-refractivity contribution is -0.142. The molecule has 0 unspecified atom stereocenters. The lowest BCUT2D eigenvalue weighted by Gasteiger charge is -2.11. The van der Waals surface area contributed by atoms with Gasteiger partial charge in [-0.3, -0.25) is 9.78 Å².